The first-order chi connectivity index (χ1) is 13.5. The molecule has 0 spiro atoms. The molecular weight excluding hydrogens is 402 g/mol. The third-order valence-electron chi connectivity index (χ3n) is 4.47. The van der Waals surface area contributed by atoms with Crippen molar-refractivity contribution in [1.29, 1.82) is 0 Å². The predicted molar refractivity (Wildman–Crippen MR) is 104 cm³/mol. The number of amides is 1. The van der Waals surface area contributed by atoms with E-state index in [9.17, 15) is 13.2 Å². The quantitative estimate of drug-likeness (QED) is 0.543. The molecule has 28 heavy (non-hydrogen) atoms. The Morgan fingerprint density at radius 1 is 1.25 bits per heavy atom. The fourth-order valence-corrected chi connectivity index (χ4v) is 4.94. The highest BCUT2D eigenvalue weighted by Crippen LogP contribution is 2.33. The van der Waals surface area contributed by atoms with Crippen molar-refractivity contribution < 1.29 is 22.8 Å². The lowest BCUT2D eigenvalue weighted by Gasteiger charge is -2.10. The second-order valence-electron chi connectivity index (χ2n) is 6.59. The van der Waals surface area contributed by atoms with Crippen molar-refractivity contribution in [2.75, 3.05) is 18.5 Å². The molecule has 10 heteroatoms. The molecule has 1 atom stereocenters. The minimum atomic E-state index is -3.29. The van der Waals surface area contributed by atoms with Crippen LogP contribution in [0.3, 0.4) is 0 Å². The Morgan fingerprint density at radius 3 is 2.64 bits per heavy atom. The molecule has 1 aliphatic carbocycles. The van der Waals surface area contributed by atoms with Crippen LogP contribution in [0, 0.1) is 0 Å². The van der Waals surface area contributed by atoms with Crippen LogP contribution in [0.15, 0.2) is 45.9 Å². The fraction of sp³-hybridized carbons (Fsp3) is 0.389. The van der Waals surface area contributed by atoms with Crippen LogP contribution in [-0.2, 0) is 24.2 Å². The number of carbonyl (C=O) groups excluding carboxylic acids is 1. The van der Waals surface area contributed by atoms with Crippen molar-refractivity contribution >= 4 is 37.9 Å². The van der Waals surface area contributed by atoms with E-state index >= 15 is 0 Å². The largest absolute Gasteiger partial charge is 0.389 e. The van der Waals surface area contributed by atoms with E-state index in [1.807, 2.05) is 0 Å². The molecule has 8 nitrogen and oxygen atoms in total. The molecule has 1 saturated carbocycles. The Balaban J connectivity index is 1.58. The van der Waals surface area contributed by atoms with Crippen LogP contribution in [0.4, 0.5) is 5.13 Å². The maximum Gasteiger partial charge on any atom is 0.280 e. The molecule has 1 unspecified atom stereocenters. The minimum Gasteiger partial charge on any atom is -0.389 e. The first-order valence-electron chi connectivity index (χ1n) is 8.91. The van der Waals surface area contributed by atoms with Gasteiger partial charge >= 0.3 is 0 Å². The molecule has 1 N–H and O–H groups in total. The summed E-state index contributed by atoms with van der Waals surface area (Å²) in [4.78, 5) is 22.5. The minimum absolute atomic E-state index is 0.0532. The molecule has 1 saturated heterocycles. The van der Waals surface area contributed by atoms with Crippen molar-refractivity contribution in [2.24, 2.45) is 5.16 Å². The smallest absolute Gasteiger partial charge is 0.280 e. The molecule has 2 heterocycles. The molecule has 0 radical (unpaired) electrons. The standard InChI is InChI=1S/C18H19N3O5S2/c22-17(20-18-19-8-10-27-18)16(21-26-13-7-9-25-11-13)12-1-3-14(4-2-12)28(23,24)15-5-6-15/h1-4,8,10,13,15H,5-7,9,11H2,(H,19,20,22)/b21-16+. The van der Waals surface area contributed by atoms with E-state index < -0.39 is 15.7 Å². The van der Waals surface area contributed by atoms with Gasteiger partial charge in [0.25, 0.3) is 5.91 Å². The second-order valence-corrected chi connectivity index (χ2v) is 9.71. The van der Waals surface area contributed by atoms with Crippen LogP contribution in [-0.4, -0.2) is 49.6 Å². The highest BCUT2D eigenvalue weighted by molar-refractivity contribution is 7.92. The van der Waals surface area contributed by atoms with E-state index in [-0.39, 0.29) is 22.0 Å². The number of nitrogens with zero attached hydrogens (tertiary/aromatic N) is 2. The number of ether oxygens (including phenoxy) is 1. The summed E-state index contributed by atoms with van der Waals surface area (Å²) in [6.07, 6.45) is 3.47. The highest BCUT2D eigenvalue weighted by Gasteiger charge is 2.36. The SMILES string of the molecule is O=C(Nc1nccs1)/C(=N/OC1CCOC1)c1ccc(S(=O)(=O)C2CC2)cc1. The zero-order valence-corrected chi connectivity index (χ0v) is 16.5. The lowest BCUT2D eigenvalue weighted by molar-refractivity contribution is -0.110. The summed E-state index contributed by atoms with van der Waals surface area (Å²) in [5.41, 5.74) is 0.514. The highest BCUT2D eigenvalue weighted by atomic mass is 32.2. The van der Waals surface area contributed by atoms with Gasteiger partial charge in [-0.3, -0.25) is 10.1 Å². The average molecular weight is 422 g/mol. The van der Waals surface area contributed by atoms with Crippen LogP contribution in [0.1, 0.15) is 24.8 Å². The Hall–Kier alpha value is -2.30. The zero-order chi connectivity index (χ0) is 19.6. The molecule has 1 aromatic heterocycles. The zero-order valence-electron chi connectivity index (χ0n) is 14.9. The van der Waals surface area contributed by atoms with Gasteiger partial charge in [-0.05, 0) is 25.0 Å². The lowest BCUT2D eigenvalue weighted by atomic mass is 10.1. The molecule has 2 aliphatic rings. The van der Waals surface area contributed by atoms with Crippen molar-refractivity contribution in [3.63, 3.8) is 0 Å². The summed E-state index contributed by atoms with van der Waals surface area (Å²) in [7, 11) is -3.29. The summed E-state index contributed by atoms with van der Waals surface area (Å²) >= 11 is 1.29. The normalized spacial score (nSPS) is 20.1. The molecule has 148 valence electrons. The maximum atomic E-state index is 12.7. The average Bonchev–Trinajstić information content (AvgIpc) is 3.20. The summed E-state index contributed by atoms with van der Waals surface area (Å²) in [5.74, 6) is -0.480. The number of rotatable bonds is 7. The Bertz CT molecular complexity index is 961. The number of oxime groups is 1. The summed E-state index contributed by atoms with van der Waals surface area (Å²) in [6, 6.07) is 6.16. The molecule has 2 aromatic rings. The number of carbonyl (C=O) groups is 1. The van der Waals surface area contributed by atoms with Gasteiger partial charge in [-0.15, -0.1) is 11.3 Å². The van der Waals surface area contributed by atoms with Crippen molar-refractivity contribution in [1.82, 2.24) is 4.98 Å². The number of hydrogen-bond acceptors (Lipinski definition) is 8. The van der Waals surface area contributed by atoms with Gasteiger partial charge in [0, 0.05) is 23.6 Å². The van der Waals surface area contributed by atoms with Gasteiger partial charge in [0.15, 0.2) is 26.8 Å². The fourth-order valence-electron chi connectivity index (χ4n) is 2.76. The second kappa shape index (κ2) is 7.98. The van der Waals surface area contributed by atoms with Crippen LogP contribution in [0.2, 0.25) is 0 Å². The van der Waals surface area contributed by atoms with E-state index in [0.717, 1.165) is 0 Å². The lowest BCUT2D eigenvalue weighted by Crippen LogP contribution is -2.25. The molecule has 4 rings (SSSR count). The van der Waals surface area contributed by atoms with Gasteiger partial charge in [0.2, 0.25) is 0 Å². The number of nitrogens with one attached hydrogen (secondary N) is 1. The van der Waals surface area contributed by atoms with Gasteiger partial charge in [0.05, 0.1) is 23.4 Å². The molecule has 1 aliphatic heterocycles. The Labute approximate surface area is 166 Å². The molecule has 2 fully saturated rings. The van der Waals surface area contributed by atoms with E-state index in [1.54, 1.807) is 23.7 Å². The molecule has 0 bridgehead atoms. The van der Waals surface area contributed by atoms with Crippen molar-refractivity contribution in [2.45, 2.75) is 35.5 Å². The molecule has 1 aromatic carbocycles. The van der Waals surface area contributed by atoms with Gasteiger partial charge in [-0.1, -0.05) is 17.3 Å². The van der Waals surface area contributed by atoms with Gasteiger partial charge < -0.3 is 9.57 Å². The summed E-state index contributed by atoms with van der Waals surface area (Å²) in [5, 5.41) is 8.62. The number of sulfone groups is 1. The van der Waals surface area contributed by atoms with E-state index in [4.69, 9.17) is 9.57 Å². The monoisotopic (exact) mass is 421 g/mol. The first kappa shape index (κ1) is 19.0. The number of thiazole rings is 1. The topological polar surface area (TPSA) is 107 Å². The molecular formula is C18H19N3O5S2. The third kappa shape index (κ3) is 4.23. The van der Waals surface area contributed by atoms with Gasteiger partial charge in [0.1, 0.15) is 0 Å². The Kier molecular flexibility index (Phi) is 5.42. The van der Waals surface area contributed by atoms with Crippen molar-refractivity contribution in [3.8, 4) is 0 Å². The first-order valence-corrected chi connectivity index (χ1v) is 11.3. The summed E-state index contributed by atoms with van der Waals surface area (Å²) < 4.78 is 30.0. The summed E-state index contributed by atoms with van der Waals surface area (Å²) in [6.45, 7) is 1.01. The number of benzene rings is 1. The molecule has 1 amide bonds. The Morgan fingerprint density at radius 2 is 2.04 bits per heavy atom. The van der Waals surface area contributed by atoms with Crippen LogP contribution >= 0.6 is 11.3 Å². The number of aromatic nitrogens is 1. The predicted octanol–water partition coefficient (Wildman–Crippen LogP) is 2.23. The maximum absolute atomic E-state index is 12.7. The number of hydrogen-bond donors (Lipinski definition) is 1. The van der Waals surface area contributed by atoms with Crippen LogP contribution in [0.25, 0.3) is 0 Å². The van der Waals surface area contributed by atoms with E-state index in [1.165, 1.54) is 23.5 Å². The van der Waals surface area contributed by atoms with Crippen LogP contribution < -0.4 is 5.32 Å². The van der Waals surface area contributed by atoms with E-state index in [0.29, 0.717) is 43.2 Å². The van der Waals surface area contributed by atoms with Crippen LogP contribution in [0.5, 0.6) is 0 Å². The van der Waals surface area contributed by atoms with Crippen molar-refractivity contribution in [3.05, 3.63) is 41.4 Å². The number of anilines is 1. The van der Waals surface area contributed by atoms with Gasteiger partial charge in [-0.2, -0.15) is 0 Å². The third-order valence-corrected chi connectivity index (χ3v) is 7.44. The van der Waals surface area contributed by atoms with Gasteiger partial charge in [-0.25, -0.2) is 13.4 Å². The van der Waals surface area contributed by atoms with E-state index in [2.05, 4.69) is 15.5 Å².